The summed E-state index contributed by atoms with van der Waals surface area (Å²) in [6.45, 7) is -1.55. The molecule has 1 amide bonds. The van der Waals surface area contributed by atoms with Gasteiger partial charge < -0.3 is 10.1 Å². The Balaban J connectivity index is 1.75. The Morgan fingerprint density at radius 1 is 1.33 bits per heavy atom. The number of alkyl halides is 3. The molecule has 2 atom stereocenters. The molecule has 1 fully saturated rings. The number of amides is 1. The van der Waals surface area contributed by atoms with Crippen LogP contribution in [-0.2, 0) is 4.74 Å². The van der Waals surface area contributed by atoms with E-state index in [0.717, 1.165) is 12.0 Å². The number of halogens is 3. The lowest BCUT2D eigenvalue weighted by Crippen LogP contribution is -2.31. The molecule has 6 heteroatoms. The standard InChI is InChI=1S/C12H12F3NO2/c13-12(14,15)7-18-11(17)16-10-6-9(10)8-4-2-1-3-5-8/h1-5,9-10H,6-7H2,(H,16,17). The Bertz CT molecular complexity index is 419. The molecule has 2 rings (SSSR count). The maximum absolute atomic E-state index is 11.8. The van der Waals surface area contributed by atoms with Crippen molar-refractivity contribution in [1.29, 1.82) is 0 Å². The molecule has 0 bridgehead atoms. The van der Waals surface area contributed by atoms with E-state index in [4.69, 9.17) is 0 Å². The van der Waals surface area contributed by atoms with E-state index >= 15 is 0 Å². The summed E-state index contributed by atoms with van der Waals surface area (Å²) in [6, 6.07) is 9.36. The molecular weight excluding hydrogens is 247 g/mol. The van der Waals surface area contributed by atoms with Crippen LogP contribution < -0.4 is 5.32 Å². The molecule has 3 nitrogen and oxygen atoms in total. The van der Waals surface area contributed by atoms with Crippen LogP contribution in [-0.4, -0.2) is 24.9 Å². The summed E-state index contributed by atoms with van der Waals surface area (Å²) in [5.41, 5.74) is 1.07. The number of nitrogens with one attached hydrogen (secondary N) is 1. The highest BCUT2D eigenvalue weighted by Gasteiger charge is 2.40. The van der Waals surface area contributed by atoms with Crippen LogP contribution in [0.4, 0.5) is 18.0 Å². The zero-order valence-corrected chi connectivity index (χ0v) is 9.41. The van der Waals surface area contributed by atoms with Crippen LogP contribution in [0, 0.1) is 0 Å². The van der Waals surface area contributed by atoms with E-state index in [-0.39, 0.29) is 12.0 Å². The van der Waals surface area contributed by atoms with Crippen molar-refractivity contribution < 1.29 is 22.7 Å². The summed E-state index contributed by atoms with van der Waals surface area (Å²) in [5.74, 6) is 0.171. The minimum Gasteiger partial charge on any atom is -0.440 e. The number of hydrogen-bond acceptors (Lipinski definition) is 2. The first-order valence-corrected chi connectivity index (χ1v) is 5.51. The lowest BCUT2D eigenvalue weighted by Gasteiger charge is -2.08. The molecule has 1 saturated carbocycles. The maximum atomic E-state index is 11.8. The highest BCUT2D eigenvalue weighted by atomic mass is 19.4. The molecule has 1 aromatic carbocycles. The van der Waals surface area contributed by atoms with Crippen molar-refractivity contribution >= 4 is 6.09 Å². The van der Waals surface area contributed by atoms with Gasteiger partial charge in [0.15, 0.2) is 6.61 Å². The van der Waals surface area contributed by atoms with E-state index in [9.17, 15) is 18.0 Å². The van der Waals surface area contributed by atoms with Gasteiger partial charge in [0.05, 0.1) is 0 Å². The van der Waals surface area contributed by atoms with Gasteiger partial charge >= 0.3 is 12.3 Å². The van der Waals surface area contributed by atoms with Crippen LogP contribution in [0.1, 0.15) is 17.9 Å². The molecule has 0 spiro atoms. The van der Waals surface area contributed by atoms with Gasteiger partial charge in [0.2, 0.25) is 0 Å². The second-order valence-corrected chi connectivity index (χ2v) is 4.20. The molecule has 18 heavy (non-hydrogen) atoms. The predicted molar refractivity (Wildman–Crippen MR) is 58.1 cm³/mol. The van der Waals surface area contributed by atoms with Gasteiger partial charge in [0.25, 0.3) is 0 Å². The number of carbonyl (C=O) groups excluding carboxylic acids is 1. The van der Waals surface area contributed by atoms with Crippen LogP contribution in [0.15, 0.2) is 30.3 Å². The molecule has 1 N–H and O–H groups in total. The minimum atomic E-state index is -4.49. The van der Waals surface area contributed by atoms with E-state index in [1.165, 1.54) is 0 Å². The highest BCUT2D eigenvalue weighted by Crippen LogP contribution is 2.40. The molecule has 1 aromatic rings. The second-order valence-electron chi connectivity index (χ2n) is 4.20. The van der Waals surface area contributed by atoms with E-state index in [1.807, 2.05) is 30.3 Å². The van der Waals surface area contributed by atoms with Gasteiger partial charge in [0.1, 0.15) is 0 Å². The first-order chi connectivity index (χ1) is 8.46. The monoisotopic (exact) mass is 259 g/mol. The topological polar surface area (TPSA) is 38.3 Å². The number of carbonyl (C=O) groups is 1. The normalized spacial score (nSPS) is 22.4. The molecule has 0 heterocycles. The summed E-state index contributed by atoms with van der Waals surface area (Å²) in [7, 11) is 0. The molecule has 0 aliphatic heterocycles. The highest BCUT2D eigenvalue weighted by molar-refractivity contribution is 5.68. The number of alkyl carbamates (subject to hydrolysis) is 1. The Kier molecular flexibility index (Phi) is 3.45. The van der Waals surface area contributed by atoms with Crippen LogP contribution in [0.25, 0.3) is 0 Å². The van der Waals surface area contributed by atoms with Gasteiger partial charge in [-0.1, -0.05) is 30.3 Å². The molecule has 0 radical (unpaired) electrons. The zero-order chi connectivity index (χ0) is 13.2. The minimum absolute atomic E-state index is 0.131. The molecule has 0 saturated heterocycles. The van der Waals surface area contributed by atoms with E-state index in [1.54, 1.807) is 0 Å². The first kappa shape index (κ1) is 12.7. The van der Waals surface area contributed by atoms with E-state index in [2.05, 4.69) is 10.1 Å². The molecule has 1 aliphatic rings. The van der Waals surface area contributed by atoms with Gasteiger partial charge in [-0.25, -0.2) is 4.79 Å². The summed E-state index contributed by atoms with van der Waals surface area (Å²) in [4.78, 5) is 11.1. The molecule has 2 unspecified atom stereocenters. The molecular formula is C12H12F3NO2. The van der Waals surface area contributed by atoms with E-state index in [0.29, 0.717) is 0 Å². The third kappa shape index (κ3) is 3.65. The van der Waals surface area contributed by atoms with Crippen molar-refractivity contribution in [2.24, 2.45) is 0 Å². The third-order valence-electron chi connectivity index (χ3n) is 2.69. The van der Waals surface area contributed by atoms with Gasteiger partial charge in [-0.2, -0.15) is 13.2 Å². The predicted octanol–water partition coefficient (Wildman–Crippen LogP) is 2.83. The summed E-state index contributed by atoms with van der Waals surface area (Å²) in [6.07, 6.45) is -4.78. The lowest BCUT2D eigenvalue weighted by molar-refractivity contribution is -0.160. The van der Waals surface area contributed by atoms with Crippen molar-refractivity contribution in [3.05, 3.63) is 35.9 Å². The molecule has 1 aliphatic carbocycles. The number of rotatable bonds is 3. The second kappa shape index (κ2) is 4.88. The third-order valence-corrected chi connectivity index (χ3v) is 2.69. The summed E-state index contributed by atoms with van der Waals surface area (Å²) in [5, 5.41) is 2.41. The summed E-state index contributed by atoms with van der Waals surface area (Å²) >= 11 is 0. The van der Waals surface area contributed by atoms with Crippen molar-refractivity contribution in [2.75, 3.05) is 6.61 Å². The number of ether oxygens (including phenoxy) is 1. The van der Waals surface area contributed by atoms with E-state index < -0.39 is 18.9 Å². The van der Waals surface area contributed by atoms with Crippen LogP contribution in [0.2, 0.25) is 0 Å². The number of hydrogen-bond donors (Lipinski definition) is 1. The van der Waals surface area contributed by atoms with Gasteiger partial charge in [-0.15, -0.1) is 0 Å². The van der Waals surface area contributed by atoms with Crippen LogP contribution >= 0.6 is 0 Å². The average molecular weight is 259 g/mol. The zero-order valence-electron chi connectivity index (χ0n) is 9.41. The van der Waals surface area contributed by atoms with Crippen molar-refractivity contribution in [1.82, 2.24) is 5.32 Å². The van der Waals surface area contributed by atoms with Crippen LogP contribution in [0.5, 0.6) is 0 Å². The van der Waals surface area contributed by atoms with Gasteiger partial charge in [-0.3, -0.25) is 0 Å². The Morgan fingerprint density at radius 3 is 2.61 bits per heavy atom. The average Bonchev–Trinajstić information content (AvgIpc) is 3.06. The fraction of sp³-hybridized carbons (Fsp3) is 0.417. The smallest absolute Gasteiger partial charge is 0.422 e. The van der Waals surface area contributed by atoms with Crippen molar-refractivity contribution in [3.8, 4) is 0 Å². The Hall–Kier alpha value is -1.72. The Labute approximate surface area is 102 Å². The summed E-state index contributed by atoms with van der Waals surface area (Å²) < 4.78 is 39.5. The van der Waals surface area contributed by atoms with Crippen LogP contribution in [0.3, 0.4) is 0 Å². The quantitative estimate of drug-likeness (QED) is 0.906. The first-order valence-electron chi connectivity index (χ1n) is 5.51. The fourth-order valence-corrected chi connectivity index (χ4v) is 1.76. The van der Waals surface area contributed by atoms with Crippen molar-refractivity contribution in [2.45, 2.75) is 24.6 Å². The van der Waals surface area contributed by atoms with Gasteiger partial charge in [0, 0.05) is 12.0 Å². The number of benzene rings is 1. The molecule has 98 valence electrons. The lowest BCUT2D eigenvalue weighted by atomic mass is 10.1. The SMILES string of the molecule is O=C(NC1CC1c1ccccc1)OCC(F)(F)F. The maximum Gasteiger partial charge on any atom is 0.422 e. The van der Waals surface area contributed by atoms with Crippen molar-refractivity contribution in [3.63, 3.8) is 0 Å². The Morgan fingerprint density at radius 2 is 2.00 bits per heavy atom. The fourth-order valence-electron chi connectivity index (χ4n) is 1.76. The largest absolute Gasteiger partial charge is 0.440 e. The molecule has 0 aromatic heterocycles. The van der Waals surface area contributed by atoms with Gasteiger partial charge in [-0.05, 0) is 12.0 Å².